The summed E-state index contributed by atoms with van der Waals surface area (Å²) in [7, 11) is 4.90. The number of hydrogen-bond acceptors (Lipinski definition) is 8. The second-order valence-corrected chi connectivity index (χ2v) is 10.8. The maximum Gasteiger partial charge on any atom is 0.323 e. The van der Waals surface area contributed by atoms with Crippen molar-refractivity contribution in [2.45, 2.75) is 0 Å². The van der Waals surface area contributed by atoms with Crippen LogP contribution < -0.4 is 20.3 Å². The number of morpholine rings is 1. The van der Waals surface area contributed by atoms with E-state index >= 15 is 4.39 Å². The Labute approximate surface area is 265 Å². The van der Waals surface area contributed by atoms with E-state index in [1.54, 1.807) is 63.8 Å². The topological polar surface area (TPSA) is 122 Å². The van der Waals surface area contributed by atoms with Crippen LogP contribution in [0.25, 0.3) is 33.4 Å². The first-order valence-electron chi connectivity index (χ1n) is 14.6. The highest BCUT2D eigenvalue weighted by Gasteiger charge is 2.21. The Morgan fingerprint density at radius 2 is 1.65 bits per heavy atom. The molecule has 0 saturated carbocycles. The first kappa shape index (κ1) is 30.4. The van der Waals surface area contributed by atoms with Crippen molar-refractivity contribution < 1.29 is 23.5 Å². The number of rotatable bonds is 7. The number of ether oxygens (including phenoxy) is 2. The van der Waals surface area contributed by atoms with Crippen molar-refractivity contribution in [1.82, 2.24) is 19.9 Å². The van der Waals surface area contributed by atoms with Crippen LogP contribution in [0.1, 0.15) is 10.4 Å². The fourth-order valence-electron chi connectivity index (χ4n) is 5.21. The molecule has 2 N–H and O–H groups in total. The minimum Gasteiger partial charge on any atom is -0.481 e. The Morgan fingerprint density at radius 3 is 2.37 bits per heavy atom. The first-order valence-corrected chi connectivity index (χ1v) is 14.6. The quantitative estimate of drug-likeness (QED) is 0.238. The van der Waals surface area contributed by atoms with Gasteiger partial charge in [0.2, 0.25) is 5.88 Å². The predicted molar refractivity (Wildman–Crippen MR) is 175 cm³/mol. The maximum absolute atomic E-state index is 15.7. The highest BCUT2D eigenvalue weighted by Crippen LogP contribution is 2.34. The molecule has 1 aliphatic rings. The SMILES string of the molecule is COc1ncccc1-c1ccc2c(N3CCOCC3)nc(-c3ccc(NC(=O)Nc4ccc(C(=O)N(C)C)cc4)cc3F)nc2c1. The summed E-state index contributed by atoms with van der Waals surface area (Å²) in [6, 6.07) is 19.9. The van der Waals surface area contributed by atoms with E-state index in [0.717, 1.165) is 16.5 Å². The molecule has 0 bridgehead atoms. The third-order valence-electron chi connectivity index (χ3n) is 7.53. The molecule has 1 aliphatic heterocycles. The molecule has 1 fully saturated rings. The summed E-state index contributed by atoms with van der Waals surface area (Å²) in [5.41, 5.74) is 3.70. The summed E-state index contributed by atoms with van der Waals surface area (Å²) in [6.45, 7) is 2.39. The molecule has 46 heavy (non-hydrogen) atoms. The molecule has 3 heterocycles. The van der Waals surface area contributed by atoms with E-state index in [4.69, 9.17) is 19.4 Å². The number of pyridine rings is 1. The molecular weight excluding hydrogens is 589 g/mol. The van der Waals surface area contributed by atoms with Gasteiger partial charge in [-0.3, -0.25) is 4.79 Å². The molecule has 0 unspecified atom stereocenters. The Kier molecular flexibility index (Phi) is 8.70. The highest BCUT2D eigenvalue weighted by atomic mass is 19.1. The second-order valence-electron chi connectivity index (χ2n) is 10.8. The van der Waals surface area contributed by atoms with Gasteiger partial charge in [0.1, 0.15) is 11.6 Å². The second kappa shape index (κ2) is 13.2. The Bertz CT molecular complexity index is 1910. The number of aromatic nitrogens is 3. The molecule has 234 valence electrons. The molecule has 12 heteroatoms. The molecule has 3 amide bonds. The number of halogens is 1. The zero-order valence-electron chi connectivity index (χ0n) is 25.6. The van der Waals surface area contributed by atoms with Crippen LogP contribution in [0.2, 0.25) is 0 Å². The summed E-state index contributed by atoms with van der Waals surface area (Å²) >= 11 is 0. The number of urea groups is 1. The van der Waals surface area contributed by atoms with E-state index in [1.165, 1.54) is 11.0 Å². The monoisotopic (exact) mass is 621 g/mol. The molecule has 5 aromatic rings. The molecule has 2 aromatic heterocycles. The number of methoxy groups -OCH3 is 1. The van der Waals surface area contributed by atoms with E-state index in [2.05, 4.69) is 20.5 Å². The third kappa shape index (κ3) is 6.42. The lowest BCUT2D eigenvalue weighted by molar-refractivity contribution is 0.0827. The van der Waals surface area contributed by atoms with Gasteiger partial charge in [-0.05, 0) is 72.3 Å². The minimum absolute atomic E-state index is 0.145. The average molecular weight is 622 g/mol. The molecule has 0 aliphatic carbocycles. The van der Waals surface area contributed by atoms with Crippen LogP contribution in [0, 0.1) is 5.82 Å². The Hall–Kier alpha value is -5.62. The van der Waals surface area contributed by atoms with Gasteiger partial charge in [0.05, 0.1) is 31.4 Å². The number of carbonyl (C=O) groups excluding carboxylic acids is 2. The van der Waals surface area contributed by atoms with E-state index in [1.807, 2.05) is 30.3 Å². The van der Waals surface area contributed by atoms with Crippen molar-refractivity contribution in [3.05, 3.63) is 90.4 Å². The van der Waals surface area contributed by atoms with Gasteiger partial charge in [-0.25, -0.2) is 24.1 Å². The summed E-state index contributed by atoms with van der Waals surface area (Å²) in [5.74, 6) is 0.645. The van der Waals surface area contributed by atoms with Crippen molar-refractivity contribution in [2.24, 2.45) is 0 Å². The molecule has 1 saturated heterocycles. The number of hydrogen-bond donors (Lipinski definition) is 2. The van der Waals surface area contributed by atoms with Crippen LogP contribution in [0.3, 0.4) is 0 Å². The number of fused-ring (bicyclic) bond motifs is 1. The van der Waals surface area contributed by atoms with Crippen LogP contribution in [0.15, 0.2) is 79.0 Å². The van der Waals surface area contributed by atoms with Gasteiger partial charge >= 0.3 is 6.03 Å². The number of anilines is 3. The standard InChI is InChI=1S/C34H32FN7O4/c1-41(2)33(43)21-6-9-23(10-7-21)37-34(44)38-24-11-13-26(28(35)20-24)30-39-29-19-22(25-5-4-14-36-32(25)45-3)8-12-27(29)31(40-30)42-15-17-46-18-16-42/h4-14,19-20H,15-18H2,1-3H3,(H2,37,38,44). The van der Waals surface area contributed by atoms with E-state index < -0.39 is 11.8 Å². The number of amides is 3. The van der Waals surface area contributed by atoms with E-state index in [0.29, 0.717) is 54.8 Å². The lowest BCUT2D eigenvalue weighted by Crippen LogP contribution is -2.37. The fourth-order valence-corrected chi connectivity index (χ4v) is 5.21. The molecule has 0 atom stereocenters. The molecule has 6 rings (SSSR count). The lowest BCUT2D eigenvalue weighted by Gasteiger charge is -2.29. The average Bonchev–Trinajstić information content (AvgIpc) is 3.08. The van der Waals surface area contributed by atoms with Crippen LogP contribution in [-0.2, 0) is 4.74 Å². The van der Waals surface area contributed by atoms with Gasteiger partial charge in [-0.2, -0.15) is 0 Å². The summed E-state index contributed by atoms with van der Waals surface area (Å²) in [5, 5.41) is 6.17. The summed E-state index contributed by atoms with van der Waals surface area (Å²) in [6.07, 6.45) is 1.66. The van der Waals surface area contributed by atoms with Crippen molar-refractivity contribution >= 4 is 40.0 Å². The smallest absolute Gasteiger partial charge is 0.323 e. The lowest BCUT2D eigenvalue weighted by atomic mass is 10.0. The van der Waals surface area contributed by atoms with Crippen LogP contribution in [-0.4, -0.2) is 79.3 Å². The van der Waals surface area contributed by atoms with Gasteiger partial charge in [-0.15, -0.1) is 0 Å². The largest absolute Gasteiger partial charge is 0.481 e. The van der Waals surface area contributed by atoms with Gasteiger partial charge in [0, 0.05) is 61.3 Å². The Balaban J connectivity index is 1.29. The first-order chi connectivity index (χ1) is 22.3. The number of nitrogens with zero attached hydrogens (tertiary/aromatic N) is 5. The van der Waals surface area contributed by atoms with Crippen molar-refractivity contribution in [3.63, 3.8) is 0 Å². The van der Waals surface area contributed by atoms with E-state index in [9.17, 15) is 9.59 Å². The normalized spacial score (nSPS) is 12.9. The molecule has 3 aromatic carbocycles. The fraction of sp³-hybridized carbons (Fsp3) is 0.206. The van der Waals surface area contributed by atoms with Crippen LogP contribution in [0.4, 0.5) is 26.4 Å². The van der Waals surface area contributed by atoms with E-state index in [-0.39, 0.29) is 23.0 Å². The number of benzene rings is 3. The molecule has 0 radical (unpaired) electrons. The molecule has 11 nitrogen and oxygen atoms in total. The number of carbonyl (C=O) groups is 2. The van der Waals surface area contributed by atoms with Crippen LogP contribution >= 0.6 is 0 Å². The summed E-state index contributed by atoms with van der Waals surface area (Å²) < 4.78 is 26.7. The summed E-state index contributed by atoms with van der Waals surface area (Å²) in [4.78, 5) is 42.3. The molecule has 0 spiro atoms. The van der Waals surface area contributed by atoms with Crippen molar-refractivity contribution in [2.75, 3.05) is 63.0 Å². The predicted octanol–water partition coefficient (Wildman–Crippen LogP) is 5.69. The zero-order chi connectivity index (χ0) is 32.2. The van der Waals surface area contributed by atoms with Crippen LogP contribution in [0.5, 0.6) is 5.88 Å². The zero-order valence-corrected chi connectivity index (χ0v) is 25.6. The van der Waals surface area contributed by atoms with Gasteiger partial charge in [0.15, 0.2) is 5.82 Å². The van der Waals surface area contributed by atoms with Crippen molar-refractivity contribution in [3.8, 4) is 28.4 Å². The van der Waals surface area contributed by atoms with Gasteiger partial charge in [0.25, 0.3) is 5.91 Å². The minimum atomic E-state index is -0.596. The van der Waals surface area contributed by atoms with Gasteiger partial charge in [-0.1, -0.05) is 6.07 Å². The number of nitrogens with one attached hydrogen (secondary N) is 2. The maximum atomic E-state index is 15.7. The van der Waals surface area contributed by atoms with Crippen molar-refractivity contribution in [1.29, 1.82) is 0 Å². The molecular formula is C34H32FN7O4. The highest BCUT2D eigenvalue weighted by molar-refractivity contribution is 6.01. The third-order valence-corrected chi connectivity index (χ3v) is 7.53. The van der Waals surface area contributed by atoms with Gasteiger partial charge < -0.3 is 29.9 Å². The Morgan fingerprint density at radius 1 is 0.913 bits per heavy atom.